The van der Waals surface area contributed by atoms with Gasteiger partial charge in [-0.2, -0.15) is 0 Å². The SMILES string of the molecule is Cc1cc(=O)n2c(c1N)NCC2. The van der Waals surface area contributed by atoms with Gasteiger partial charge in [-0.1, -0.05) is 0 Å². The summed E-state index contributed by atoms with van der Waals surface area (Å²) in [5.41, 5.74) is 7.34. The standard InChI is InChI=1S/C8H11N3O/c1-5-4-6(12)11-3-2-10-8(11)7(5)9/h4,10H,2-3,9H2,1H3. The Morgan fingerprint density at radius 1 is 1.67 bits per heavy atom. The normalized spacial score (nSPS) is 14.1. The largest absolute Gasteiger partial charge is 0.396 e. The number of nitrogen functional groups attached to an aromatic ring is 1. The molecule has 0 spiro atoms. The number of anilines is 2. The van der Waals surface area contributed by atoms with Crippen molar-refractivity contribution in [1.29, 1.82) is 0 Å². The smallest absolute Gasteiger partial charge is 0.252 e. The molecule has 0 saturated heterocycles. The molecule has 0 saturated carbocycles. The molecule has 64 valence electrons. The highest BCUT2D eigenvalue weighted by Gasteiger charge is 2.14. The Morgan fingerprint density at radius 3 is 3.17 bits per heavy atom. The summed E-state index contributed by atoms with van der Waals surface area (Å²) in [6.07, 6.45) is 0. The van der Waals surface area contributed by atoms with Crippen LogP contribution in [-0.4, -0.2) is 11.1 Å². The lowest BCUT2D eigenvalue weighted by Crippen LogP contribution is -2.18. The van der Waals surface area contributed by atoms with Crippen LogP contribution in [0.4, 0.5) is 11.5 Å². The van der Waals surface area contributed by atoms with E-state index in [0.717, 1.165) is 24.5 Å². The number of nitrogens with one attached hydrogen (secondary N) is 1. The molecule has 0 amide bonds. The first kappa shape index (κ1) is 7.21. The zero-order valence-electron chi connectivity index (χ0n) is 6.92. The van der Waals surface area contributed by atoms with Crippen LogP contribution in [0.1, 0.15) is 5.56 Å². The van der Waals surface area contributed by atoms with Crippen molar-refractivity contribution in [2.75, 3.05) is 17.6 Å². The maximum Gasteiger partial charge on any atom is 0.252 e. The third-order valence-corrected chi connectivity index (χ3v) is 2.18. The molecule has 4 heteroatoms. The van der Waals surface area contributed by atoms with Gasteiger partial charge in [-0.05, 0) is 12.5 Å². The molecule has 3 N–H and O–H groups in total. The summed E-state index contributed by atoms with van der Waals surface area (Å²) in [4.78, 5) is 11.4. The number of hydrogen-bond donors (Lipinski definition) is 2. The van der Waals surface area contributed by atoms with Crippen molar-refractivity contribution in [3.05, 3.63) is 22.0 Å². The Morgan fingerprint density at radius 2 is 2.42 bits per heavy atom. The van der Waals surface area contributed by atoms with Crippen LogP contribution in [-0.2, 0) is 6.54 Å². The Bertz CT molecular complexity index is 381. The molecule has 0 atom stereocenters. The monoisotopic (exact) mass is 165 g/mol. The molecule has 0 aromatic carbocycles. The lowest BCUT2D eigenvalue weighted by molar-refractivity contribution is 0.772. The summed E-state index contributed by atoms with van der Waals surface area (Å²) < 4.78 is 1.67. The summed E-state index contributed by atoms with van der Waals surface area (Å²) >= 11 is 0. The van der Waals surface area contributed by atoms with Crippen LogP contribution >= 0.6 is 0 Å². The summed E-state index contributed by atoms with van der Waals surface area (Å²) in [7, 11) is 0. The number of hydrogen-bond acceptors (Lipinski definition) is 3. The second kappa shape index (κ2) is 2.27. The zero-order valence-corrected chi connectivity index (χ0v) is 6.92. The first-order valence-electron chi connectivity index (χ1n) is 3.94. The quantitative estimate of drug-likeness (QED) is 0.576. The van der Waals surface area contributed by atoms with Gasteiger partial charge in [0.05, 0.1) is 5.69 Å². The van der Waals surface area contributed by atoms with E-state index in [9.17, 15) is 4.79 Å². The summed E-state index contributed by atoms with van der Waals surface area (Å²) in [5, 5.41) is 3.09. The predicted octanol–water partition coefficient (Wildman–Crippen LogP) is 0.164. The Balaban J connectivity index is 2.78. The van der Waals surface area contributed by atoms with Gasteiger partial charge in [0.15, 0.2) is 0 Å². The van der Waals surface area contributed by atoms with Gasteiger partial charge in [0.1, 0.15) is 5.82 Å². The van der Waals surface area contributed by atoms with E-state index in [4.69, 9.17) is 5.73 Å². The van der Waals surface area contributed by atoms with Crippen LogP contribution < -0.4 is 16.6 Å². The van der Waals surface area contributed by atoms with Gasteiger partial charge >= 0.3 is 0 Å². The van der Waals surface area contributed by atoms with Gasteiger partial charge in [-0.25, -0.2) is 0 Å². The molecular formula is C8H11N3O. The molecule has 2 heterocycles. The average molecular weight is 165 g/mol. The molecular weight excluding hydrogens is 154 g/mol. The fraction of sp³-hybridized carbons (Fsp3) is 0.375. The van der Waals surface area contributed by atoms with Crippen LogP contribution in [0.2, 0.25) is 0 Å². The minimum Gasteiger partial charge on any atom is -0.396 e. The second-order valence-corrected chi connectivity index (χ2v) is 3.01. The number of aromatic nitrogens is 1. The van der Waals surface area contributed by atoms with Crippen molar-refractivity contribution in [2.24, 2.45) is 0 Å². The molecule has 0 radical (unpaired) electrons. The van der Waals surface area contributed by atoms with E-state index in [1.54, 1.807) is 10.6 Å². The molecule has 4 nitrogen and oxygen atoms in total. The van der Waals surface area contributed by atoms with Crippen LogP contribution in [0.15, 0.2) is 10.9 Å². The van der Waals surface area contributed by atoms with Gasteiger partial charge in [0, 0.05) is 19.2 Å². The van der Waals surface area contributed by atoms with Crippen LogP contribution in [0, 0.1) is 6.92 Å². The minimum absolute atomic E-state index is 0.0294. The highest BCUT2D eigenvalue weighted by atomic mass is 16.1. The van der Waals surface area contributed by atoms with E-state index < -0.39 is 0 Å². The highest BCUT2D eigenvalue weighted by molar-refractivity contribution is 5.66. The maximum absolute atomic E-state index is 11.4. The summed E-state index contributed by atoms with van der Waals surface area (Å²) in [6.45, 7) is 3.36. The summed E-state index contributed by atoms with van der Waals surface area (Å²) in [5.74, 6) is 0.778. The van der Waals surface area contributed by atoms with Crippen LogP contribution in [0.5, 0.6) is 0 Å². The van der Waals surface area contributed by atoms with Crippen LogP contribution in [0.3, 0.4) is 0 Å². The van der Waals surface area contributed by atoms with Crippen molar-refractivity contribution in [3.63, 3.8) is 0 Å². The fourth-order valence-electron chi connectivity index (χ4n) is 1.48. The lowest BCUT2D eigenvalue weighted by Gasteiger charge is -2.07. The maximum atomic E-state index is 11.4. The van der Waals surface area contributed by atoms with E-state index in [1.165, 1.54) is 0 Å². The predicted molar refractivity (Wildman–Crippen MR) is 48.3 cm³/mol. The van der Waals surface area contributed by atoms with Gasteiger partial charge in [-0.15, -0.1) is 0 Å². The van der Waals surface area contributed by atoms with E-state index >= 15 is 0 Å². The van der Waals surface area contributed by atoms with Gasteiger partial charge < -0.3 is 11.1 Å². The molecule has 0 unspecified atom stereocenters. The average Bonchev–Trinajstić information content (AvgIpc) is 2.48. The topological polar surface area (TPSA) is 60.0 Å². The number of rotatable bonds is 0. The number of aryl methyl sites for hydroxylation is 1. The van der Waals surface area contributed by atoms with Crippen molar-refractivity contribution < 1.29 is 0 Å². The molecule has 2 rings (SSSR count). The third-order valence-electron chi connectivity index (χ3n) is 2.18. The van der Waals surface area contributed by atoms with E-state index in [2.05, 4.69) is 5.32 Å². The highest BCUT2D eigenvalue weighted by Crippen LogP contribution is 2.22. The third kappa shape index (κ3) is 0.809. The Hall–Kier alpha value is -1.45. The van der Waals surface area contributed by atoms with Crippen molar-refractivity contribution in [1.82, 2.24) is 4.57 Å². The van der Waals surface area contributed by atoms with Crippen molar-refractivity contribution >= 4 is 11.5 Å². The number of fused-ring (bicyclic) bond motifs is 1. The van der Waals surface area contributed by atoms with Gasteiger partial charge in [0.2, 0.25) is 0 Å². The van der Waals surface area contributed by atoms with E-state index in [1.807, 2.05) is 6.92 Å². The molecule has 1 aliphatic heterocycles. The first-order chi connectivity index (χ1) is 5.70. The Kier molecular flexibility index (Phi) is 1.36. The molecule has 12 heavy (non-hydrogen) atoms. The van der Waals surface area contributed by atoms with Crippen molar-refractivity contribution in [2.45, 2.75) is 13.5 Å². The van der Waals surface area contributed by atoms with Crippen molar-refractivity contribution in [3.8, 4) is 0 Å². The fourth-order valence-corrected chi connectivity index (χ4v) is 1.48. The molecule has 1 aromatic heterocycles. The number of pyridine rings is 1. The minimum atomic E-state index is 0.0294. The second-order valence-electron chi connectivity index (χ2n) is 3.01. The van der Waals surface area contributed by atoms with Gasteiger partial charge in [0.25, 0.3) is 5.56 Å². The number of nitrogens with two attached hydrogens (primary N) is 1. The van der Waals surface area contributed by atoms with E-state index in [0.29, 0.717) is 5.69 Å². The first-order valence-corrected chi connectivity index (χ1v) is 3.94. The zero-order chi connectivity index (χ0) is 8.72. The van der Waals surface area contributed by atoms with Crippen LogP contribution in [0.25, 0.3) is 0 Å². The summed E-state index contributed by atoms with van der Waals surface area (Å²) in [6, 6.07) is 1.58. The number of nitrogens with zero attached hydrogens (tertiary/aromatic N) is 1. The molecule has 0 aliphatic carbocycles. The Labute approximate surface area is 70.0 Å². The molecule has 1 aromatic rings. The molecule has 0 fully saturated rings. The molecule has 0 bridgehead atoms. The van der Waals surface area contributed by atoms with E-state index in [-0.39, 0.29) is 5.56 Å². The molecule has 1 aliphatic rings. The lowest BCUT2D eigenvalue weighted by atomic mass is 10.2. The van der Waals surface area contributed by atoms with Gasteiger partial charge in [-0.3, -0.25) is 9.36 Å².